The Balaban J connectivity index is 1.51. The van der Waals surface area contributed by atoms with E-state index in [0.717, 1.165) is 42.3 Å². The molecule has 0 saturated heterocycles. The summed E-state index contributed by atoms with van der Waals surface area (Å²) in [5.41, 5.74) is 3.53. The summed E-state index contributed by atoms with van der Waals surface area (Å²) in [5.74, 6) is 2.44. The lowest BCUT2D eigenvalue weighted by molar-refractivity contribution is 0.302. The number of nitrogens with one attached hydrogen (secondary N) is 1. The maximum atomic E-state index is 6.02. The molecule has 3 aromatic rings. The van der Waals surface area contributed by atoms with Gasteiger partial charge in [0.15, 0.2) is 11.5 Å². The van der Waals surface area contributed by atoms with Gasteiger partial charge in [-0.2, -0.15) is 0 Å². The molecule has 1 N–H and O–H groups in total. The van der Waals surface area contributed by atoms with Crippen molar-refractivity contribution in [3.8, 4) is 17.2 Å². The molecule has 0 spiro atoms. The van der Waals surface area contributed by atoms with Crippen LogP contribution in [0.1, 0.15) is 16.7 Å². The highest BCUT2D eigenvalue weighted by molar-refractivity contribution is 5.43. The molecule has 4 heteroatoms. The molecule has 0 amide bonds. The smallest absolute Gasteiger partial charge is 0.160 e. The summed E-state index contributed by atoms with van der Waals surface area (Å²) in [6, 6.07) is 24.4. The van der Waals surface area contributed by atoms with E-state index in [2.05, 4.69) is 29.6 Å². The zero-order chi connectivity index (χ0) is 19.6. The first-order chi connectivity index (χ1) is 13.8. The van der Waals surface area contributed by atoms with Crippen molar-refractivity contribution < 1.29 is 14.2 Å². The van der Waals surface area contributed by atoms with Crippen LogP contribution in [0.5, 0.6) is 17.2 Å². The van der Waals surface area contributed by atoms with E-state index in [-0.39, 0.29) is 0 Å². The first kappa shape index (κ1) is 19.8. The van der Waals surface area contributed by atoms with Crippen LogP contribution in [-0.2, 0) is 19.6 Å². The van der Waals surface area contributed by atoms with Crippen molar-refractivity contribution in [3.63, 3.8) is 0 Å². The molecule has 0 heterocycles. The Kier molecular flexibility index (Phi) is 7.33. The summed E-state index contributed by atoms with van der Waals surface area (Å²) in [6.45, 7) is 2.20. The van der Waals surface area contributed by atoms with Crippen LogP contribution in [0.4, 0.5) is 0 Å². The standard InChI is InChI=1S/C24H27NO3/c1-26-23-13-12-19(16-24(23)27-2)14-15-25-17-21-10-6-7-11-22(21)28-18-20-8-4-3-5-9-20/h3-13,16,25H,14-15,17-18H2,1-2H3. The van der Waals surface area contributed by atoms with E-state index in [1.54, 1.807) is 14.2 Å². The van der Waals surface area contributed by atoms with Crippen molar-refractivity contribution in [1.29, 1.82) is 0 Å². The van der Waals surface area contributed by atoms with E-state index in [4.69, 9.17) is 14.2 Å². The minimum absolute atomic E-state index is 0.573. The highest BCUT2D eigenvalue weighted by Gasteiger charge is 2.06. The second-order valence-electron chi connectivity index (χ2n) is 6.50. The highest BCUT2D eigenvalue weighted by atomic mass is 16.5. The summed E-state index contributed by atoms with van der Waals surface area (Å²) < 4.78 is 16.7. The quantitative estimate of drug-likeness (QED) is 0.524. The fraction of sp³-hybridized carbons (Fsp3) is 0.250. The monoisotopic (exact) mass is 377 g/mol. The molecule has 0 aliphatic carbocycles. The molecule has 0 unspecified atom stereocenters. The largest absolute Gasteiger partial charge is 0.493 e. The van der Waals surface area contributed by atoms with Gasteiger partial charge in [0, 0.05) is 12.1 Å². The van der Waals surface area contributed by atoms with Crippen LogP contribution in [0.15, 0.2) is 72.8 Å². The Morgan fingerprint density at radius 1 is 0.714 bits per heavy atom. The third-order valence-corrected chi connectivity index (χ3v) is 4.56. The number of hydrogen-bond donors (Lipinski definition) is 1. The predicted octanol–water partition coefficient (Wildman–Crippen LogP) is 4.62. The maximum absolute atomic E-state index is 6.02. The van der Waals surface area contributed by atoms with Gasteiger partial charge in [-0.15, -0.1) is 0 Å². The Morgan fingerprint density at radius 3 is 2.25 bits per heavy atom. The maximum Gasteiger partial charge on any atom is 0.160 e. The van der Waals surface area contributed by atoms with Crippen LogP contribution in [0.25, 0.3) is 0 Å². The fourth-order valence-corrected chi connectivity index (χ4v) is 3.02. The molecule has 4 nitrogen and oxygen atoms in total. The molecule has 0 bridgehead atoms. The van der Waals surface area contributed by atoms with Gasteiger partial charge in [-0.1, -0.05) is 54.6 Å². The van der Waals surface area contributed by atoms with Crippen LogP contribution in [-0.4, -0.2) is 20.8 Å². The molecule has 146 valence electrons. The van der Waals surface area contributed by atoms with Gasteiger partial charge in [0.1, 0.15) is 12.4 Å². The number of para-hydroxylation sites is 1. The van der Waals surface area contributed by atoms with E-state index in [0.29, 0.717) is 6.61 Å². The minimum atomic E-state index is 0.573. The van der Waals surface area contributed by atoms with Crippen LogP contribution in [0.2, 0.25) is 0 Å². The molecule has 0 aliphatic heterocycles. The van der Waals surface area contributed by atoms with Crippen LogP contribution in [0.3, 0.4) is 0 Å². The Labute approximate surface area is 167 Å². The zero-order valence-corrected chi connectivity index (χ0v) is 16.5. The Bertz CT molecular complexity index is 865. The molecule has 0 aliphatic rings. The third-order valence-electron chi connectivity index (χ3n) is 4.56. The third kappa shape index (κ3) is 5.51. The predicted molar refractivity (Wildman–Crippen MR) is 112 cm³/mol. The summed E-state index contributed by atoms with van der Waals surface area (Å²) in [7, 11) is 3.31. The summed E-state index contributed by atoms with van der Waals surface area (Å²) >= 11 is 0. The van der Waals surface area contributed by atoms with E-state index in [9.17, 15) is 0 Å². The number of benzene rings is 3. The first-order valence-electron chi connectivity index (χ1n) is 9.46. The van der Waals surface area contributed by atoms with Crippen molar-refractivity contribution in [2.75, 3.05) is 20.8 Å². The molecule has 0 atom stereocenters. The molecule has 3 rings (SSSR count). The van der Waals surface area contributed by atoms with Crippen molar-refractivity contribution >= 4 is 0 Å². The lowest BCUT2D eigenvalue weighted by Gasteiger charge is -2.13. The van der Waals surface area contributed by atoms with Crippen molar-refractivity contribution in [2.24, 2.45) is 0 Å². The second-order valence-corrected chi connectivity index (χ2v) is 6.50. The van der Waals surface area contributed by atoms with E-state index in [1.165, 1.54) is 11.1 Å². The first-order valence-corrected chi connectivity index (χ1v) is 9.46. The van der Waals surface area contributed by atoms with Gasteiger partial charge < -0.3 is 19.5 Å². The van der Waals surface area contributed by atoms with E-state index >= 15 is 0 Å². The van der Waals surface area contributed by atoms with Crippen molar-refractivity contribution in [1.82, 2.24) is 5.32 Å². The van der Waals surface area contributed by atoms with E-state index < -0.39 is 0 Å². The Hall–Kier alpha value is -2.98. The number of methoxy groups -OCH3 is 2. The number of rotatable bonds is 10. The van der Waals surface area contributed by atoms with Crippen LogP contribution in [0, 0.1) is 0 Å². The summed E-state index contributed by atoms with van der Waals surface area (Å²) in [5, 5.41) is 3.50. The van der Waals surface area contributed by atoms with Gasteiger partial charge in [0.05, 0.1) is 14.2 Å². The molecule has 0 radical (unpaired) electrons. The molecule has 0 aromatic heterocycles. The average molecular weight is 377 g/mol. The number of ether oxygens (including phenoxy) is 3. The molecule has 3 aromatic carbocycles. The lowest BCUT2D eigenvalue weighted by atomic mass is 10.1. The average Bonchev–Trinajstić information content (AvgIpc) is 2.76. The van der Waals surface area contributed by atoms with Crippen molar-refractivity contribution in [3.05, 3.63) is 89.5 Å². The summed E-state index contributed by atoms with van der Waals surface area (Å²) in [4.78, 5) is 0. The van der Waals surface area contributed by atoms with Gasteiger partial charge in [0.2, 0.25) is 0 Å². The van der Waals surface area contributed by atoms with Crippen LogP contribution >= 0.6 is 0 Å². The molecular weight excluding hydrogens is 350 g/mol. The van der Waals surface area contributed by atoms with Crippen LogP contribution < -0.4 is 19.5 Å². The SMILES string of the molecule is COc1ccc(CCNCc2ccccc2OCc2ccccc2)cc1OC. The van der Waals surface area contributed by atoms with Gasteiger partial charge in [0.25, 0.3) is 0 Å². The highest BCUT2D eigenvalue weighted by Crippen LogP contribution is 2.27. The van der Waals surface area contributed by atoms with Gasteiger partial charge in [-0.05, 0) is 42.3 Å². The Morgan fingerprint density at radius 2 is 1.46 bits per heavy atom. The second kappa shape index (κ2) is 10.4. The molecular formula is C24H27NO3. The van der Waals surface area contributed by atoms with Gasteiger partial charge >= 0.3 is 0 Å². The lowest BCUT2D eigenvalue weighted by Crippen LogP contribution is -2.17. The van der Waals surface area contributed by atoms with Gasteiger partial charge in [-0.25, -0.2) is 0 Å². The molecule has 0 saturated carbocycles. The topological polar surface area (TPSA) is 39.7 Å². The van der Waals surface area contributed by atoms with Gasteiger partial charge in [-0.3, -0.25) is 0 Å². The fourth-order valence-electron chi connectivity index (χ4n) is 3.02. The van der Waals surface area contributed by atoms with E-state index in [1.807, 2.05) is 48.5 Å². The van der Waals surface area contributed by atoms with Crippen molar-refractivity contribution in [2.45, 2.75) is 19.6 Å². The minimum Gasteiger partial charge on any atom is -0.493 e. The summed E-state index contributed by atoms with van der Waals surface area (Å²) in [6.07, 6.45) is 0.910. The number of hydrogen-bond acceptors (Lipinski definition) is 4. The zero-order valence-electron chi connectivity index (χ0n) is 16.5. The molecule has 28 heavy (non-hydrogen) atoms. The molecule has 0 fully saturated rings. The normalized spacial score (nSPS) is 10.5.